The maximum Gasteiger partial charge on any atom is 0.407 e. The van der Waals surface area contributed by atoms with Crippen LogP contribution in [0.3, 0.4) is 0 Å². The van der Waals surface area contributed by atoms with E-state index in [-0.39, 0.29) is 90.3 Å². The van der Waals surface area contributed by atoms with Gasteiger partial charge in [0.15, 0.2) is 7.05 Å². The molecule has 1 amide bonds. The molecular weight excluding hydrogens is 364 g/mol. The van der Waals surface area contributed by atoms with Gasteiger partial charge in [0, 0.05) is 87.4 Å². The summed E-state index contributed by atoms with van der Waals surface area (Å²) in [6.07, 6.45) is -0.404. The predicted octanol–water partition coefficient (Wildman–Crippen LogP) is 4.76. The molecule has 0 heterocycles. The van der Waals surface area contributed by atoms with Crippen LogP contribution in [-0.4, -0.2) is 25.1 Å². The molecule has 0 bridgehead atoms. The van der Waals surface area contributed by atoms with Crippen molar-refractivity contribution in [1.82, 2.24) is 5.32 Å². The summed E-state index contributed by atoms with van der Waals surface area (Å²) in [6, 6.07) is 9.54. The van der Waals surface area contributed by atoms with E-state index in [0.717, 1.165) is 12.6 Å². The largest absolute Gasteiger partial charge is 0.445 e. The van der Waals surface area contributed by atoms with Gasteiger partial charge in [-0.15, -0.1) is 0 Å². The van der Waals surface area contributed by atoms with Crippen molar-refractivity contribution < 1.29 is 89.9 Å². The number of hydrogen-bond donors (Lipinski definition) is 1. The van der Waals surface area contributed by atoms with Gasteiger partial charge in [0.05, 0.1) is 0 Å². The normalized spacial score (nSPS) is 6.08. The van der Waals surface area contributed by atoms with Crippen LogP contribution in [0.5, 0.6) is 0 Å². The second-order valence-corrected chi connectivity index (χ2v) is 2.75. The molecule has 0 aliphatic carbocycles. The molecule has 1 aromatic rings. The zero-order chi connectivity index (χ0) is 16.4. The van der Waals surface area contributed by atoms with Crippen LogP contribution in [0.15, 0.2) is 30.3 Å². The monoisotopic (exact) mass is 398 g/mol. The van der Waals surface area contributed by atoms with E-state index >= 15 is 0 Å². The van der Waals surface area contributed by atoms with Crippen LogP contribution in [-0.2, 0) is 11.3 Å². The molecule has 0 fully saturated rings. The molecule has 6 nitrogen and oxygen atoms in total. The number of nitrogens with one attached hydrogen (secondary N) is 1. The van der Waals surface area contributed by atoms with Gasteiger partial charge in [-0.05, 0) is 5.56 Å². The number of carbonyl (C=O) groups excluding carboxylic acids is 1. The fourth-order valence-electron chi connectivity index (χ4n) is 0.795. The number of nitrogens with zero attached hydrogens (tertiary/aromatic N) is 1. The molecule has 148 valence electrons. The van der Waals surface area contributed by atoms with Crippen LogP contribution in [0.25, 0.3) is 0 Å². The molecule has 0 spiro atoms. The maximum atomic E-state index is 10.7. The summed E-state index contributed by atoms with van der Waals surface area (Å²) in [5, 5.41) is 11.2. The van der Waals surface area contributed by atoms with Crippen molar-refractivity contribution in [3.63, 3.8) is 0 Å². The fraction of sp³-hybridized carbons (Fsp3) is 0.562. The van der Waals surface area contributed by atoms with Crippen molar-refractivity contribution in [2.24, 2.45) is 0 Å². The number of hydrogen-bond acceptors (Lipinski definition) is 4. The van der Waals surface area contributed by atoms with E-state index in [4.69, 9.17) is 14.9 Å². The van der Waals surface area contributed by atoms with Gasteiger partial charge in [0.25, 0.3) is 0 Å². The minimum atomic E-state index is -0.500. The standard InChI is InChI=1S/C9H11NO2.2C2H6.CH3NO2.2CH4.2Ar/c1-10-9(11)12-7-8-5-3-2-4-6-8;2*1-2;1-2(3)4;;;;/h2-6H,7H2,1H3,(H,10,11);2*1-2H3;1H3;2*1H4;;. The number of alkyl carbamates (subject to hydrolysis) is 1. The van der Waals surface area contributed by atoms with Crippen LogP contribution >= 0.6 is 0 Å². The quantitative estimate of drug-likeness (QED) is 0.575. The van der Waals surface area contributed by atoms with E-state index in [9.17, 15) is 4.79 Å². The Labute approximate surface area is 208 Å². The van der Waals surface area contributed by atoms with Gasteiger partial charge >= 0.3 is 6.09 Å². The Morgan fingerprint density at radius 2 is 1.42 bits per heavy atom. The summed E-state index contributed by atoms with van der Waals surface area (Å²) >= 11 is 0. The van der Waals surface area contributed by atoms with Crippen molar-refractivity contribution in [1.29, 1.82) is 0 Å². The average Bonchev–Trinajstić information content (AvgIpc) is 2.49. The first-order chi connectivity index (χ1) is 9.56. The topological polar surface area (TPSA) is 81.5 Å². The molecule has 8 heteroatoms. The van der Waals surface area contributed by atoms with Gasteiger partial charge in [0.2, 0.25) is 0 Å². The summed E-state index contributed by atoms with van der Waals surface area (Å²) in [5.41, 5.74) is 0.987. The smallest absolute Gasteiger partial charge is 0.407 e. The van der Waals surface area contributed by atoms with E-state index in [0.29, 0.717) is 6.61 Å². The third-order valence-corrected chi connectivity index (χ3v) is 1.42. The Morgan fingerprint density at radius 1 is 1.08 bits per heavy atom. The third kappa shape index (κ3) is 43.3. The van der Waals surface area contributed by atoms with Gasteiger partial charge in [0.1, 0.15) is 6.61 Å². The minimum Gasteiger partial charge on any atom is -0.445 e. The van der Waals surface area contributed by atoms with Crippen molar-refractivity contribution in [2.75, 3.05) is 14.1 Å². The Morgan fingerprint density at radius 3 is 1.71 bits per heavy atom. The number of ether oxygens (including phenoxy) is 1. The molecule has 0 atom stereocenters. The predicted molar refractivity (Wildman–Crippen MR) is 94.8 cm³/mol. The number of carbonyl (C=O) groups is 1. The Balaban J connectivity index is -0.0000000422. The van der Waals surface area contributed by atoms with Gasteiger partial charge in [-0.2, -0.15) is 0 Å². The molecule has 1 N–H and O–H groups in total. The SMILES string of the molecule is C.C.CC.CC.CNC(=O)OCc1ccccc1.C[N+](=O)[O-].[Ar].[Ar]. The Kier molecular flexibility index (Phi) is 71.3. The third-order valence-electron chi connectivity index (χ3n) is 1.42. The van der Waals surface area contributed by atoms with Crippen molar-refractivity contribution in [2.45, 2.75) is 49.2 Å². The summed E-state index contributed by atoms with van der Waals surface area (Å²) in [5.74, 6) is 0. The first-order valence-electron chi connectivity index (χ1n) is 6.52. The van der Waals surface area contributed by atoms with E-state index in [2.05, 4.69) is 5.32 Å². The van der Waals surface area contributed by atoms with Gasteiger partial charge in [-0.25, -0.2) is 4.79 Å². The molecule has 0 unspecified atom stereocenters. The van der Waals surface area contributed by atoms with E-state index < -0.39 is 11.0 Å². The van der Waals surface area contributed by atoms with Crippen molar-refractivity contribution >= 4 is 6.09 Å². The van der Waals surface area contributed by atoms with Crippen LogP contribution in [0.2, 0.25) is 0 Å². The van der Waals surface area contributed by atoms with E-state index in [1.165, 1.54) is 7.05 Å². The maximum absolute atomic E-state index is 10.7. The number of amides is 1. The number of nitro groups is 1. The summed E-state index contributed by atoms with van der Waals surface area (Å²) in [6.45, 7) is 8.32. The van der Waals surface area contributed by atoms with Gasteiger partial charge in [-0.1, -0.05) is 72.9 Å². The molecule has 0 aromatic heterocycles. The number of benzene rings is 1. The van der Waals surface area contributed by atoms with Crippen LogP contribution in [0.1, 0.15) is 48.1 Å². The molecule has 1 rings (SSSR count). The van der Waals surface area contributed by atoms with Gasteiger partial charge in [-0.3, -0.25) is 10.1 Å². The first-order valence-corrected chi connectivity index (χ1v) is 6.52. The van der Waals surface area contributed by atoms with E-state index in [1.54, 1.807) is 0 Å². The molecular formula is C16H34Ar2N2O4. The fourth-order valence-corrected chi connectivity index (χ4v) is 0.795. The zero-order valence-corrected chi connectivity index (χ0v) is 15.3. The Bertz CT molecular complexity index is 336. The van der Waals surface area contributed by atoms with Gasteiger partial charge < -0.3 is 10.1 Å². The summed E-state index contributed by atoms with van der Waals surface area (Å²) in [4.78, 5) is 19.0. The second kappa shape index (κ2) is 38.8. The second-order valence-electron chi connectivity index (χ2n) is 2.75. The zero-order valence-electron chi connectivity index (χ0n) is 13.9. The molecule has 1 aromatic carbocycles. The van der Waals surface area contributed by atoms with Crippen LogP contribution in [0, 0.1) is 85.6 Å². The van der Waals surface area contributed by atoms with Crippen LogP contribution < -0.4 is 5.32 Å². The molecule has 24 heavy (non-hydrogen) atoms. The minimum absolute atomic E-state index is 0. The molecule has 0 aliphatic heterocycles. The van der Waals surface area contributed by atoms with Crippen molar-refractivity contribution in [3.8, 4) is 0 Å². The first kappa shape index (κ1) is 44.1. The molecule has 0 saturated carbocycles. The average molecular weight is 398 g/mol. The summed E-state index contributed by atoms with van der Waals surface area (Å²) < 4.78 is 4.83. The van der Waals surface area contributed by atoms with Crippen LogP contribution in [0.4, 0.5) is 4.79 Å². The molecule has 0 saturated heterocycles. The summed E-state index contributed by atoms with van der Waals surface area (Å²) in [7, 11) is 2.42. The number of rotatable bonds is 2. The molecule has 0 radical (unpaired) electrons. The Hall–Kier alpha value is 0.409. The van der Waals surface area contributed by atoms with Crippen molar-refractivity contribution in [3.05, 3.63) is 46.0 Å². The van der Waals surface area contributed by atoms with E-state index in [1.807, 2.05) is 58.0 Å². The molecule has 0 aliphatic rings.